The fourth-order valence-electron chi connectivity index (χ4n) is 2.12. The van der Waals surface area contributed by atoms with Crippen LogP contribution in [-0.2, 0) is 6.54 Å². The van der Waals surface area contributed by atoms with E-state index in [4.69, 9.17) is 0 Å². The number of rotatable bonds is 9. The summed E-state index contributed by atoms with van der Waals surface area (Å²) in [5, 5.41) is 3.46. The van der Waals surface area contributed by atoms with Gasteiger partial charge in [-0.1, -0.05) is 55.0 Å². The highest BCUT2D eigenvalue weighted by Gasteiger charge is 2.05. The maximum atomic E-state index is 13.1. The second-order valence-corrected chi connectivity index (χ2v) is 6.07. The van der Waals surface area contributed by atoms with Crippen LogP contribution < -0.4 is 5.32 Å². The molecule has 0 radical (unpaired) electrons. The Labute approximate surface area is 125 Å². The highest BCUT2D eigenvalue weighted by Crippen LogP contribution is 2.18. The number of hydrogen-bond acceptors (Lipinski definition) is 1. The highest BCUT2D eigenvalue weighted by molar-refractivity contribution is 9.10. The molecule has 19 heavy (non-hydrogen) atoms. The van der Waals surface area contributed by atoms with Gasteiger partial charge in [0.1, 0.15) is 5.82 Å². The fraction of sp³-hybridized carbons (Fsp3) is 0.625. The first-order valence-electron chi connectivity index (χ1n) is 7.30. The van der Waals surface area contributed by atoms with Crippen molar-refractivity contribution in [2.45, 2.75) is 65.0 Å². The molecule has 1 rings (SSSR count). The number of halogens is 2. The normalized spacial score (nSPS) is 12.6. The van der Waals surface area contributed by atoms with E-state index in [1.165, 1.54) is 44.6 Å². The highest BCUT2D eigenvalue weighted by atomic mass is 79.9. The van der Waals surface area contributed by atoms with Crippen molar-refractivity contribution in [1.82, 2.24) is 5.32 Å². The molecule has 1 unspecified atom stereocenters. The molecule has 0 saturated heterocycles. The maximum absolute atomic E-state index is 13.1. The van der Waals surface area contributed by atoms with Crippen LogP contribution in [0.4, 0.5) is 4.39 Å². The number of benzene rings is 1. The van der Waals surface area contributed by atoms with Gasteiger partial charge >= 0.3 is 0 Å². The summed E-state index contributed by atoms with van der Waals surface area (Å²) in [6.07, 6.45) is 7.77. The van der Waals surface area contributed by atoms with Gasteiger partial charge in [0.2, 0.25) is 0 Å². The van der Waals surface area contributed by atoms with Gasteiger partial charge in [0.05, 0.1) is 0 Å². The Balaban J connectivity index is 2.22. The Kier molecular flexibility index (Phi) is 8.31. The molecule has 1 N–H and O–H groups in total. The number of unbranched alkanes of at least 4 members (excludes halogenated alkanes) is 4. The lowest BCUT2D eigenvalue weighted by Gasteiger charge is -2.14. The van der Waals surface area contributed by atoms with Crippen LogP contribution in [0, 0.1) is 5.82 Å². The smallest absolute Gasteiger partial charge is 0.123 e. The van der Waals surface area contributed by atoms with E-state index in [-0.39, 0.29) is 5.82 Å². The summed E-state index contributed by atoms with van der Waals surface area (Å²) in [5.74, 6) is -0.174. The van der Waals surface area contributed by atoms with Crippen molar-refractivity contribution in [3.8, 4) is 0 Å². The average molecular weight is 330 g/mol. The fourth-order valence-corrected chi connectivity index (χ4v) is 2.51. The van der Waals surface area contributed by atoms with E-state index in [0.717, 1.165) is 10.0 Å². The van der Waals surface area contributed by atoms with E-state index in [9.17, 15) is 4.39 Å². The van der Waals surface area contributed by atoms with Crippen LogP contribution in [0.25, 0.3) is 0 Å². The molecule has 1 nitrogen and oxygen atoms in total. The topological polar surface area (TPSA) is 12.0 Å². The maximum Gasteiger partial charge on any atom is 0.123 e. The molecule has 0 fully saturated rings. The van der Waals surface area contributed by atoms with Gasteiger partial charge in [-0.05, 0) is 37.1 Å². The van der Waals surface area contributed by atoms with Crippen molar-refractivity contribution < 1.29 is 4.39 Å². The summed E-state index contributed by atoms with van der Waals surface area (Å²) in [6, 6.07) is 5.31. The van der Waals surface area contributed by atoms with E-state index in [1.807, 2.05) is 0 Å². The lowest BCUT2D eigenvalue weighted by atomic mass is 10.1. The van der Waals surface area contributed by atoms with Crippen LogP contribution in [0.2, 0.25) is 0 Å². The summed E-state index contributed by atoms with van der Waals surface area (Å²) in [6.45, 7) is 5.16. The van der Waals surface area contributed by atoms with Crippen molar-refractivity contribution in [3.05, 3.63) is 34.1 Å². The van der Waals surface area contributed by atoms with Gasteiger partial charge < -0.3 is 5.32 Å². The Morgan fingerprint density at radius 2 is 1.95 bits per heavy atom. The largest absolute Gasteiger partial charge is 0.310 e. The first-order valence-corrected chi connectivity index (χ1v) is 8.10. The van der Waals surface area contributed by atoms with Crippen molar-refractivity contribution in [2.75, 3.05) is 0 Å². The molecule has 1 aromatic carbocycles. The predicted octanol–water partition coefficient (Wildman–Crippen LogP) is 5.43. The van der Waals surface area contributed by atoms with Gasteiger partial charge in [-0.25, -0.2) is 4.39 Å². The predicted molar refractivity (Wildman–Crippen MR) is 83.8 cm³/mol. The van der Waals surface area contributed by atoms with Crippen molar-refractivity contribution in [2.24, 2.45) is 0 Å². The van der Waals surface area contributed by atoms with Gasteiger partial charge in [0.15, 0.2) is 0 Å². The van der Waals surface area contributed by atoms with Crippen LogP contribution in [0.3, 0.4) is 0 Å². The zero-order valence-electron chi connectivity index (χ0n) is 12.0. The summed E-state index contributed by atoms with van der Waals surface area (Å²) in [5.41, 5.74) is 0.984. The Morgan fingerprint density at radius 1 is 1.21 bits per heavy atom. The molecule has 1 aromatic rings. The van der Waals surface area contributed by atoms with Crippen LogP contribution in [-0.4, -0.2) is 6.04 Å². The number of nitrogens with one attached hydrogen (secondary N) is 1. The Hall–Kier alpha value is -0.410. The monoisotopic (exact) mass is 329 g/mol. The molecular weight excluding hydrogens is 305 g/mol. The van der Waals surface area contributed by atoms with E-state index in [1.54, 1.807) is 12.1 Å². The van der Waals surface area contributed by atoms with Crippen LogP contribution in [0.5, 0.6) is 0 Å². The molecule has 0 bridgehead atoms. The minimum absolute atomic E-state index is 0.174. The van der Waals surface area contributed by atoms with Gasteiger partial charge in [0, 0.05) is 17.1 Å². The van der Waals surface area contributed by atoms with Gasteiger partial charge in [0.25, 0.3) is 0 Å². The molecular formula is C16H25BrFN. The second-order valence-electron chi connectivity index (χ2n) is 5.22. The summed E-state index contributed by atoms with van der Waals surface area (Å²) >= 11 is 3.45. The molecule has 0 spiro atoms. The van der Waals surface area contributed by atoms with Crippen molar-refractivity contribution in [3.63, 3.8) is 0 Å². The molecule has 3 heteroatoms. The Bertz CT molecular complexity index is 368. The van der Waals surface area contributed by atoms with Crippen LogP contribution in [0.1, 0.15) is 57.9 Å². The van der Waals surface area contributed by atoms with E-state index < -0.39 is 0 Å². The molecule has 0 aromatic heterocycles. The number of hydrogen-bond donors (Lipinski definition) is 1. The second kappa shape index (κ2) is 9.49. The van der Waals surface area contributed by atoms with Gasteiger partial charge in [-0.2, -0.15) is 0 Å². The molecule has 1 atom stereocenters. The van der Waals surface area contributed by atoms with E-state index >= 15 is 0 Å². The SMILES string of the molecule is CCCCCCCC(C)NCc1cc(F)ccc1Br. The first kappa shape index (κ1) is 16.6. The Morgan fingerprint density at radius 3 is 2.68 bits per heavy atom. The zero-order chi connectivity index (χ0) is 14.1. The quantitative estimate of drug-likeness (QED) is 0.596. The molecule has 0 amide bonds. The average Bonchev–Trinajstić information content (AvgIpc) is 2.39. The summed E-state index contributed by atoms with van der Waals surface area (Å²) in [7, 11) is 0. The van der Waals surface area contributed by atoms with Crippen molar-refractivity contribution >= 4 is 15.9 Å². The van der Waals surface area contributed by atoms with Crippen LogP contribution in [0.15, 0.2) is 22.7 Å². The van der Waals surface area contributed by atoms with E-state index in [0.29, 0.717) is 12.6 Å². The molecule has 0 heterocycles. The standard InChI is InChI=1S/C16H25BrFN/c1-3-4-5-6-7-8-13(2)19-12-14-11-15(18)9-10-16(14)17/h9-11,13,19H,3-8,12H2,1-2H3. The molecule has 108 valence electrons. The molecule has 0 aliphatic carbocycles. The third kappa shape index (κ3) is 7.07. The lowest BCUT2D eigenvalue weighted by Crippen LogP contribution is -2.25. The first-order chi connectivity index (χ1) is 9.13. The van der Waals surface area contributed by atoms with E-state index in [2.05, 4.69) is 35.1 Å². The third-order valence-corrected chi connectivity index (χ3v) is 4.16. The van der Waals surface area contributed by atoms with Crippen molar-refractivity contribution in [1.29, 1.82) is 0 Å². The zero-order valence-corrected chi connectivity index (χ0v) is 13.6. The summed E-state index contributed by atoms with van der Waals surface area (Å²) in [4.78, 5) is 0. The minimum Gasteiger partial charge on any atom is -0.310 e. The van der Waals surface area contributed by atoms with Gasteiger partial charge in [-0.15, -0.1) is 0 Å². The minimum atomic E-state index is -0.174. The molecule has 0 saturated carbocycles. The van der Waals surface area contributed by atoms with Gasteiger partial charge in [-0.3, -0.25) is 0 Å². The molecule has 0 aliphatic heterocycles. The molecule has 0 aliphatic rings. The summed E-state index contributed by atoms with van der Waals surface area (Å²) < 4.78 is 14.1. The third-order valence-electron chi connectivity index (χ3n) is 3.39. The van der Waals surface area contributed by atoms with Crippen LogP contribution >= 0.6 is 15.9 Å². The lowest BCUT2D eigenvalue weighted by molar-refractivity contribution is 0.478.